The highest BCUT2D eigenvalue weighted by atomic mass is 16.5. The van der Waals surface area contributed by atoms with Crippen molar-refractivity contribution in [1.29, 1.82) is 0 Å². The molecule has 0 saturated carbocycles. The lowest BCUT2D eigenvalue weighted by atomic mass is 10.00. The van der Waals surface area contributed by atoms with Crippen LogP contribution in [0.1, 0.15) is 30.1 Å². The van der Waals surface area contributed by atoms with Gasteiger partial charge in [0, 0.05) is 37.2 Å². The number of rotatable bonds is 4. The van der Waals surface area contributed by atoms with Crippen LogP contribution in [0.3, 0.4) is 0 Å². The third kappa shape index (κ3) is 3.82. The molecule has 0 bridgehead atoms. The SMILES string of the molecule is COc1cccc(NC(=O)c2cnc(N3CCC(C)CC3)nc2)c1. The fourth-order valence-electron chi connectivity index (χ4n) is 2.71. The first-order chi connectivity index (χ1) is 11.7. The summed E-state index contributed by atoms with van der Waals surface area (Å²) in [6.45, 7) is 4.21. The average molecular weight is 326 g/mol. The molecule has 1 aliphatic heterocycles. The van der Waals surface area contributed by atoms with Crippen molar-refractivity contribution in [2.24, 2.45) is 5.92 Å². The Labute approximate surface area is 141 Å². The van der Waals surface area contributed by atoms with Crippen LogP contribution in [0.2, 0.25) is 0 Å². The van der Waals surface area contributed by atoms with Crippen LogP contribution in [0.15, 0.2) is 36.7 Å². The normalized spacial score (nSPS) is 15.2. The fourth-order valence-corrected chi connectivity index (χ4v) is 2.71. The second kappa shape index (κ2) is 7.29. The van der Waals surface area contributed by atoms with Crippen LogP contribution in [0, 0.1) is 5.92 Å². The Morgan fingerprint density at radius 3 is 2.62 bits per heavy atom. The Morgan fingerprint density at radius 2 is 1.96 bits per heavy atom. The van der Waals surface area contributed by atoms with Crippen molar-refractivity contribution >= 4 is 17.5 Å². The minimum absolute atomic E-state index is 0.234. The zero-order valence-electron chi connectivity index (χ0n) is 14.0. The summed E-state index contributed by atoms with van der Waals surface area (Å²) in [5.74, 6) is 1.91. The van der Waals surface area contributed by atoms with Gasteiger partial charge < -0.3 is 15.0 Å². The molecule has 0 radical (unpaired) electrons. The van der Waals surface area contributed by atoms with Gasteiger partial charge in [-0.3, -0.25) is 4.79 Å². The van der Waals surface area contributed by atoms with Gasteiger partial charge in [0.25, 0.3) is 5.91 Å². The van der Waals surface area contributed by atoms with E-state index in [1.807, 2.05) is 18.2 Å². The van der Waals surface area contributed by atoms with E-state index in [2.05, 4.69) is 27.1 Å². The summed E-state index contributed by atoms with van der Waals surface area (Å²) in [4.78, 5) is 23.2. The van der Waals surface area contributed by atoms with Gasteiger partial charge in [0.15, 0.2) is 0 Å². The predicted molar refractivity (Wildman–Crippen MR) is 93.6 cm³/mol. The maximum atomic E-state index is 12.3. The lowest BCUT2D eigenvalue weighted by Gasteiger charge is -2.30. The highest BCUT2D eigenvalue weighted by Crippen LogP contribution is 2.20. The van der Waals surface area contributed by atoms with Gasteiger partial charge in [0.1, 0.15) is 5.75 Å². The molecule has 0 spiro atoms. The van der Waals surface area contributed by atoms with E-state index >= 15 is 0 Å². The predicted octanol–water partition coefficient (Wildman–Crippen LogP) is 2.97. The molecule has 6 heteroatoms. The van der Waals surface area contributed by atoms with E-state index in [1.165, 1.54) is 0 Å². The van der Waals surface area contributed by atoms with Crippen molar-refractivity contribution in [2.45, 2.75) is 19.8 Å². The van der Waals surface area contributed by atoms with Gasteiger partial charge in [-0.25, -0.2) is 9.97 Å². The number of carbonyl (C=O) groups is 1. The van der Waals surface area contributed by atoms with Gasteiger partial charge in [-0.1, -0.05) is 13.0 Å². The average Bonchev–Trinajstić information content (AvgIpc) is 2.62. The largest absolute Gasteiger partial charge is 0.497 e. The number of anilines is 2. The zero-order valence-corrected chi connectivity index (χ0v) is 14.0. The van der Waals surface area contributed by atoms with E-state index in [9.17, 15) is 4.79 Å². The van der Waals surface area contributed by atoms with Crippen LogP contribution >= 0.6 is 0 Å². The fraction of sp³-hybridized carbons (Fsp3) is 0.389. The summed E-state index contributed by atoms with van der Waals surface area (Å²) in [6, 6.07) is 7.23. The van der Waals surface area contributed by atoms with E-state index < -0.39 is 0 Å². The van der Waals surface area contributed by atoms with Crippen molar-refractivity contribution in [3.8, 4) is 5.75 Å². The van der Waals surface area contributed by atoms with Gasteiger partial charge in [0.05, 0.1) is 12.7 Å². The standard InChI is InChI=1S/C18H22N4O2/c1-13-6-8-22(9-7-13)18-19-11-14(12-20-18)17(23)21-15-4-3-5-16(10-15)24-2/h3-5,10-13H,6-9H2,1-2H3,(H,21,23). The molecular weight excluding hydrogens is 304 g/mol. The first kappa shape index (κ1) is 16.2. The summed E-state index contributed by atoms with van der Waals surface area (Å²) in [6.07, 6.45) is 5.47. The molecule has 24 heavy (non-hydrogen) atoms. The maximum Gasteiger partial charge on any atom is 0.258 e. The summed E-state index contributed by atoms with van der Waals surface area (Å²) >= 11 is 0. The number of methoxy groups -OCH3 is 1. The molecule has 6 nitrogen and oxygen atoms in total. The molecule has 2 heterocycles. The summed E-state index contributed by atoms with van der Waals surface area (Å²) in [7, 11) is 1.59. The number of amides is 1. The lowest BCUT2D eigenvalue weighted by Crippen LogP contribution is -2.34. The second-order valence-electron chi connectivity index (χ2n) is 6.13. The minimum Gasteiger partial charge on any atom is -0.497 e. The summed E-state index contributed by atoms with van der Waals surface area (Å²) < 4.78 is 5.15. The number of hydrogen-bond acceptors (Lipinski definition) is 5. The summed E-state index contributed by atoms with van der Waals surface area (Å²) in [5.41, 5.74) is 1.11. The third-order valence-electron chi connectivity index (χ3n) is 4.29. The highest BCUT2D eigenvalue weighted by Gasteiger charge is 2.18. The number of aromatic nitrogens is 2. The van der Waals surface area contributed by atoms with E-state index in [0.29, 0.717) is 22.9 Å². The summed E-state index contributed by atoms with van der Waals surface area (Å²) in [5, 5.41) is 2.83. The molecule has 1 N–H and O–H groups in total. The van der Waals surface area contributed by atoms with Gasteiger partial charge in [-0.05, 0) is 30.9 Å². The Balaban J connectivity index is 1.65. The van der Waals surface area contributed by atoms with Gasteiger partial charge in [-0.2, -0.15) is 0 Å². The van der Waals surface area contributed by atoms with Crippen molar-refractivity contribution in [3.05, 3.63) is 42.2 Å². The van der Waals surface area contributed by atoms with E-state index in [-0.39, 0.29) is 5.91 Å². The van der Waals surface area contributed by atoms with E-state index in [1.54, 1.807) is 25.6 Å². The number of carbonyl (C=O) groups excluding carboxylic acids is 1. The van der Waals surface area contributed by atoms with Crippen LogP contribution in [-0.2, 0) is 0 Å². The van der Waals surface area contributed by atoms with Gasteiger partial charge in [0.2, 0.25) is 5.95 Å². The minimum atomic E-state index is -0.234. The molecule has 1 saturated heterocycles. The first-order valence-corrected chi connectivity index (χ1v) is 8.18. The van der Waals surface area contributed by atoms with Crippen molar-refractivity contribution in [2.75, 3.05) is 30.4 Å². The number of ether oxygens (including phenoxy) is 1. The van der Waals surface area contributed by atoms with Crippen LogP contribution in [-0.4, -0.2) is 36.1 Å². The number of hydrogen-bond donors (Lipinski definition) is 1. The molecule has 1 aliphatic rings. The monoisotopic (exact) mass is 326 g/mol. The Hall–Kier alpha value is -2.63. The molecular formula is C18H22N4O2. The molecule has 0 atom stereocenters. The quantitative estimate of drug-likeness (QED) is 0.935. The van der Waals surface area contributed by atoms with Crippen LogP contribution < -0.4 is 15.0 Å². The topological polar surface area (TPSA) is 67.3 Å². The Bertz CT molecular complexity index is 694. The first-order valence-electron chi connectivity index (χ1n) is 8.18. The molecule has 1 amide bonds. The number of nitrogens with one attached hydrogen (secondary N) is 1. The molecule has 1 aromatic carbocycles. The molecule has 0 unspecified atom stereocenters. The molecule has 3 rings (SSSR count). The van der Waals surface area contributed by atoms with Crippen LogP contribution in [0.25, 0.3) is 0 Å². The Morgan fingerprint density at radius 1 is 1.25 bits per heavy atom. The number of benzene rings is 1. The second-order valence-corrected chi connectivity index (χ2v) is 6.13. The zero-order chi connectivity index (χ0) is 16.9. The van der Waals surface area contributed by atoms with Crippen LogP contribution in [0.5, 0.6) is 5.75 Å². The van der Waals surface area contributed by atoms with Crippen molar-refractivity contribution in [3.63, 3.8) is 0 Å². The van der Waals surface area contributed by atoms with Crippen molar-refractivity contribution in [1.82, 2.24) is 9.97 Å². The molecule has 2 aromatic rings. The van der Waals surface area contributed by atoms with Gasteiger partial charge in [-0.15, -0.1) is 0 Å². The van der Waals surface area contributed by atoms with Gasteiger partial charge >= 0.3 is 0 Å². The van der Waals surface area contributed by atoms with E-state index in [4.69, 9.17) is 4.74 Å². The Kier molecular flexibility index (Phi) is 4.93. The van der Waals surface area contributed by atoms with Crippen molar-refractivity contribution < 1.29 is 9.53 Å². The molecule has 126 valence electrons. The molecule has 1 fully saturated rings. The number of piperidine rings is 1. The smallest absolute Gasteiger partial charge is 0.258 e. The number of nitrogens with zero attached hydrogens (tertiary/aromatic N) is 3. The molecule has 0 aliphatic carbocycles. The lowest BCUT2D eigenvalue weighted by molar-refractivity contribution is 0.102. The molecule has 1 aromatic heterocycles. The van der Waals surface area contributed by atoms with Crippen LogP contribution in [0.4, 0.5) is 11.6 Å². The highest BCUT2D eigenvalue weighted by molar-refractivity contribution is 6.03. The maximum absolute atomic E-state index is 12.3. The third-order valence-corrected chi connectivity index (χ3v) is 4.29. The van der Waals surface area contributed by atoms with E-state index in [0.717, 1.165) is 31.8 Å².